The van der Waals surface area contributed by atoms with Crippen molar-refractivity contribution in [3.8, 4) is 5.75 Å². The highest BCUT2D eigenvalue weighted by Crippen LogP contribution is 2.31. The van der Waals surface area contributed by atoms with Gasteiger partial charge in [-0.1, -0.05) is 43.6 Å². The Labute approximate surface area is 163 Å². The Morgan fingerprint density at radius 1 is 1.33 bits per heavy atom. The zero-order chi connectivity index (χ0) is 19.4. The first kappa shape index (κ1) is 19.0. The van der Waals surface area contributed by atoms with Gasteiger partial charge in [0.05, 0.1) is 6.21 Å². The van der Waals surface area contributed by atoms with Crippen LogP contribution in [0.3, 0.4) is 0 Å². The summed E-state index contributed by atoms with van der Waals surface area (Å²) in [6.07, 6.45) is 3.46. The predicted molar refractivity (Wildman–Crippen MR) is 110 cm³/mol. The molecular weight excluding hydrogens is 362 g/mol. The number of aromatic nitrogens is 1. The Balaban J connectivity index is 1.61. The lowest BCUT2D eigenvalue weighted by molar-refractivity contribution is -0.123. The number of hydrogen-bond donors (Lipinski definition) is 2. The van der Waals surface area contributed by atoms with Crippen molar-refractivity contribution < 1.29 is 9.53 Å². The lowest BCUT2D eigenvalue weighted by Crippen LogP contribution is -2.25. The van der Waals surface area contributed by atoms with Gasteiger partial charge in [0.25, 0.3) is 5.91 Å². The zero-order valence-electron chi connectivity index (χ0n) is 15.5. The zero-order valence-corrected chi connectivity index (χ0v) is 16.3. The highest BCUT2D eigenvalue weighted by Gasteiger charge is 2.12. The molecule has 1 amide bonds. The standard InChI is InChI=1S/C21H22ClN3O2/c1-13(2)17-9-18(22)14(3)8-20(17)27-12-21(26)25-24-11-15-10-23-19-7-5-4-6-16(15)19/h4-11,13,23H,12H2,1-3H3,(H,25,26)/b24-11-. The van der Waals surface area contributed by atoms with E-state index >= 15 is 0 Å². The lowest BCUT2D eigenvalue weighted by Gasteiger charge is -2.15. The molecule has 0 fully saturated rings. The van der Waals surface area contributed by atoms with Crippen LogP contribution in [0.4, 0.5) is 0 Å². The highest BCUT2D eigenvalue weighted by molar-refractivity contribution is 6.31. The van der Waals surface area contributed by atoms with Crippen LogP contribution in [0.2, 0.25) is 5.02 Å². The van der Waals surface area contributed by atoms with Gasteiger partial charge >= 0.3 is 0 Å². The SMILES string of the molecule is Cc1cc(OCC(=O)N/N=C\c2c[nH]c3ccccc23)c(C(C)C)cc1Cl. The third-order valence-electron chi connectivity index (χ3n) is 4.29. The molecule has 140 valence electrons. The van der Waals surface area contributed by atoms with Crippen LogP contribution in [0.25, 0.3) is 10.9 Å². The summed E-state index contributed by atoms with van der Waals surface area (Å²) in [4.78, 5) is 15.2. The van der Waals surface area contributed by atoms with Crippen LogP contribution in [0, 0.1) is 6.92 Å². The summed E-state index contributed by atoms with van der Waals surface area (Å²) in [5.41, 5.74) is 6.31. The average Bonchev–Trinajstić information content (AvgIpc) is 3.05. The maximum atomic E-state index is 12.1. The van der Waals surface area contributed by atoms with Gasteiger partial charge in [-0.25, -0.2) is 5.43 Å². The molecule has 0 atom stereocenters. The number of amides is 1. The first-order valence-corrected chi connectivity index (χ1v) is 9.14. The first-order chi connectivity index (χ1) is 13.0. The van der Waals surface area contributed by atoms with Crippen LogP contribution in [0.15, 0.2) is 47.7 Å². The quantitative estimate of drug-likeness (QED) is 0.475. The van der Waals surface area contributed by atoms with Crippen LogP contribution in [0.1, 0.15) is 36.5 Å². The minimum Gasteiger partial charge on any atom is -0.483 e. The molecule has 0 unspecified atom stereocenters. The van der Waals surface area contributed by atoms with E-state index in [1.165, 1.54) is 0 Å². The number of carbonyl (C=O) groups is 1. The monoisotopic (exact) mass is 383 g/mol. The van der Waals surface area contributed by atoms with E-state index in [4.69, 9.17) is 16.3 Å². The third-order valence-corrected chi connectivity index (χ3v) is 4.69. The van der Waals surface area contributed by atoms with E-state index in [2.05, 4.69) is 29.4 Å². The van der Waals surface area contributed by atoms with Gasteiger partial charge in [-0.3, -0.25) is 4.79 Å². The van der Waals surface area contributed by atoms with Gasteiger partial charge in [-0.15, -0.1) is 0 Å². The summed E-state index contributed by atoms with van der Waals surface area (Å²) >= 11 is 6.19. The first-order valence-electron chi connectivity index (χ1n) is 8.76. The van der Waals surface area contributed by atoms with Crippen LogP contribution >= 0.6 is 11.6 Å². The molecule has 27 heavy (non-hydrogen) atoms. The van der Waals surface area contributed by atoms with E-state index in [1.807, 2.05) is 49.5 Å². The topological polar surface area (TPSA) is 66.5 Å². The van der Waals surface area contributed by atoms with E-state index in [9.17, 15) is 4.79 Å². The number of para-hydroxylation sites is 1. The van der Waals surface area contributed by atoms with Crippen LogP contribution < -0.4 is 10.2 Å². The number of aromatic amines is 1. The molecule has 3 rings (SSSR count). The molecule has 3 aromatic rings. The lowest BCUT2D eigenvalue weighted by atomic mass is 10.0. The third kappa shape index (κ3) is 4.49. The second-order valence-electron chi connectivity index (χ2n) is 6.67. The summed E-state index contributed by atoms with van der Waals surface area (Å²) in [6.45, 7) is 5.90. The molecule has 0 bridgehead atoms. The van der Waals surface area contributed by atoms with Gasteiger partial charge in [0, 0.05) is 27.7 Å². The van der Waals surface area contributed by atoms with E-state index in [-0.39, 0.29) is 18.4 Å². The molecule has 0 aliphatic rings. The number of rotatable bonds is 6. The molecule has 0 aliphatic heterocycles. The van der Waals surface area contributed by atoms with Gasteiger partial charge in [0.2, 0.25) is 0 Å². The fourth-order valence-corrected chi connectivity index (χ4v) is 2.97. The average molecular weight is 384 g/mol. The van der Waals surface area contributed by atoms with Gasteiger partial charge in [0.15, 0.2) is 6.61 Å². The molecule has 0 radical (unpaired) electrons. The number of aryl methyl sites for hydroxylation is 1. The Hall–Kier alpha value is -2.79. The van der Waals surface area contributed by atoms with Gasteiger partial charge < -0.3 is 9.72 Å². The summed E-state index contributed by atoms with van der Waals surface area (Å²) in [7, 11) is 0. The van der Waals surface area contributed by atoms with E-state index in [1.54, 1.807) is 6.21 Å². The smallest absolute Gasteiger partial charge is 0.277 e. The molecule has 6 heteroatoms. The van der Waals surface area contributed by atoms with E-state index in [0.29, 0.717) is 10.8 Å². The number of nitrogens with zero attached hydrogens (tertiary/aromatic N) is 1. The summed E-state index contributed by atoms with van der Waals surface area (Å²) in [6, 6.07) is 11.7. The Morgan fingerprint density at radius 3 is 2.89 bits per heavy atom. The summed E-state index contributed by atoms with van der Waals surface area (Å²) < 4.78 is 5.70. The van der Waals surface area contributed by atoms with Crippen molar-refractivity contribution in [1.82, 2.24) is 10.4 Å². The number of benzene rings is 2. The fraction of sp³-hybridized carbons (Fsp3) is 0.238. The molecule has 2 aromatic carbocycles. The van der Waals surface area contributed by atoms with Crippen molar-refractivity contribution in [2.45, 2.75) is 26.7 Å². The molecule has 0 saturated carbocycles. The molecule has 1 heterocycles. The van der Waals surface area contributed by atoms with Crippen molar-refractivity contribution >= 4 is 34.6 Å². The molecule has 5 nitrogen and oxygen atoms in total. The van der Waals surface area contributed by atoms with Crippen molar-refractivity contribution in [2.75, 3.05) is 6.61 Å². The minimum atomic E-state index is -0.326. The van der Waals surface area contributed by atoms with Crippen LogP contribution in [0.5, 0.6) is 5.75 Å². The van der Waals surface area contributed by atoms with Gasteiger partial charge in [-0.05, 0) is 42.2 Å². The molecule has 0 saturated heterocycles. The number of carbonyl (C=O) groups excluding carboxylic acids is 1. The maximum Gasteiger partial charge on any atom is 0.277 e. The van der Waals surface area contributed by atoms with Gasteiger partial charge in [0.1, 0.15) is 5.75 Å². The van der Waals surface area contributed by atoms with Crippen molar-refractivity contribution in [3.05, 3.63) is 64.3 Å². The fourth-order valence-electron chi connectivity index (χ4n) is 2.80. The maximum absolute atomic E-state index is 12.1. The summed E-state index contributed by atoms with van der Waals surface area (Å²) in [5, 5.41) is 5.76. The number of hydrazone groups is 1. The second kappa shape index (κ2) is 8.27. The van der Waals surface area contributed by atoms with E-state index in [0.717, 1.165) is 27.6 Å². The minimum absolute atomic E-state index is 0.119. The van der Waals surface area contributed by atoms with Crippen molar-refractivity contribution in [1.29, 1.82) is 0 Å². The molecule has 0 spiro atoms. The molecule has 0 aliphatic carbocycles. The van der Waals surface area contributed by atoms with Gasteiger partial charge in [-0.2, -0.15) is 5.10 Å². The molecular formula is C21H22ClN3O2. The normalized spacial score (nSPS) is 11.4. The predicted octanol–water partition coefficient (Wildman–Crippen LogP) is 4.78. The number of nitrogens with one attached hydrogen (secondary N) is 2. The second-order valence-corrected chi connectivity index (χ2v) is 7.07. The van der Waals surface area contributed by atoms with Crippen LogP contribution in [-0.4, -0.2) is 23.7 Å². The number of halogens is 1. The van der Waals surface area contributed by atoms with E-state index < -0.39 is 0 Å². The number of ether oxygens (including phenoxy) is 1. The Morgan fingerprint density at radius 2 is 2.11 bits per heavy atom. The number of fused-ring (bicyclic) bond motifs is 1. The Kier molecular flexibility index (Phi) is 5.81. The Bertz CT molecular complexity index is 992. The highest BCUT2D eigenvalue weighted by atomic mass is 35.5. The molecule has 2 N–H and O–H groups in total. The molecule has 1 aromatic heterocycles. The summed E-state index contributed by atoms with van der Waals surface area (Å²) in [5.74, 6) is 0.581. The van der Waals surface area contributed by atoms with Crippen molar-refractivity contribution in [2.24, 2.45) is 5.10 Å². The largest absolute Gasteiger partial charge is 0.483 e. The number of H-pyrrole nitrogens is 1. The number of hydrogen-bond acceptors (Lipinski definition) is 3. The van der Waals surface area contributed by atoms with Crippen molar-refractivity contribution in [3.63, 3.8) is 0 Å². The van der Waals surface area contributed by atoms with Crippen LogP contribution in [-0.2, 0) is 4.79 Å².